The van der Waals surface area contributed by atoms with Crippen molar-refractivity contribution in [1.29, 1.82) is 0 Å². The van der Waals surface area contributed by atoms with Crippen LogP contribution < -0.4 is 10.6 Å². The molecule has 92 valence electrons. The van der Waals surface area contributed by atoms with Crippen LogP contribution >= 0.6 is 0 Å². The summed E-state index contributed by atoms with van der Waals surface area (Å²) in [5.41, 5.74) is -0.407. The molecule has 2 aliphatic rings. The summed E-state index contributed by atoms with van der Waals surface area (Å²) in [5, 5.41) is 6.44. The molecule has 0 aromatic carbocycles. The number of carbonyl (C=O) groups excluding carboxylic acids is 1. The Bertz CT molecular complexity index is 257. The van der Waals surface area contributed by atoms with Gasteiger partial charge in [0, 0.05) is 6.04 Å². The zero-order chi connectivity index (χ0) is 11.8. The normalized spacial score (nSPS) is 33.6. The summed E-state index contributed by atoms with van der Waals surface area (Å²) in [6.07, 6.45) is 2.17. The maximum atomic E-state index is 11.7. The SMILES string of the molecule is CC(C)(C)OC(=O)NC1C2CC[C@@H]1CNC2. The summed E-state index contributed by atoms with van der Waals surface area (Å²) in [6, 6.07) is 0.316. The number of ether oxygens (including phenoxy) is 1. The first-order valence-electron chi connectivity index (χ1n) is 6.16. The quantitative estimate of drug-likeness (QED) is 0.712. The Morgan fingerprint density at radius 3 is 2.31 bits per heavy atom. The van der Waals surface area contributed by atoms with E-state index in [9.17, 15) is 4.79 Å². The Balaban J connectivity index is 1.88. The van der Waals surface area contributed by atoms with Crippen LogP contribution in [0.3, 0.4) is 0 Å². The van der Waals surface area contributed by atoms with Gasteiger partial charge in [-0.2, -0.15) is 0 Å². The lowest BCUT2D eigenvalue weighted by atomic mass is 9.94. The predicted octanol–water partition coefficient (Wildman–Crippen LogP) is 1.51. The number of amides is 1. The Labute approximate surface area is 97.1 Å². The maximum Gasteiger partial charge on any atom is 0.407 e. The third-order valence-electron chi connectivity index (χ3n) is 3.42. The van der Waals surface area contributed by atoms with Gasteiger partial charge in [-0.3, -0.25) is 0 Å². The lowest BCUT2D eigenvalue weighted by molar-refractivity contribution is 0.0468. The summed E-state index contributed by atoms with van der Waals surface area (Å²) in [7, 11) is 0. The van der Waals surface area contributed by atoms with Crippen LogP contribution in [0.1, 0.15) is 33.6 Å². The maximum absolute atomic E-state index is 11.7. The zero-order valence-corrected chi connectivity index (χ0v) is 10.4. The van der Waals surface area contributed by atoms with Crippen molar-refractivity contribution in [2.24, 2.45) is 11.8 Å². The lowest BCUT2D eigenvalue weighted by Crippen LogP contribution is -2.51. The van der Waals surface area contributed by atoms with Gasteiger partial charge in [-0.25, -0.2) is 4.79 Å². The molecule has 3 atom stereocenters. The van der Waals surface area contributed by atoms with Gasteiger partial charge >= 0.3 is 6.09 Å². The van der Waals surface area contributed by atoms with Gasteiger partial charge in [0.25, 0.3) is 0 Å². The molecule has 1 aliphatic carbocycles. The average molecular weight is 226 g/mol. The summed E-state index contributed by atoms with van der Waals surface area (Å²) in [6.45, 7) is 7.73. The van der Waals surface area contributed by atoms with Crippen LogP contribution in [0.4, 0.5) is 4.79 Å². The predicted molar refractivity (Wildman–Crippen MR) is 62.2 cm³/mol. The highest BCUT2D eigenvalue weighted by molar-refractivity contribution is 5.68. The molecule has 1 amide bonds. The Morgan fingerprint density at radius 1 is 1.25 bits per heavy atom. The third kappa shape index (κ3) is 2.67. The standard InChI is InChI=1S/C12H22N2O2/c1-12(2,3)16-11(15)14-10-8-4-5-9(10)7-13-6-8/h8-10,13H,4-7H2,1-3H3,(H,14,15)/t8-,9?,10?/m1/s1. The van der Waals surface area contributed by atoms with Crippen molar-refractivity contribution in [1.82, 2.24) is 10.6 Å². The van der Waals surface area contributed by atoms with Gasteiger partial charge in [0.2, 0.25) is 0 Å². The molecule has 4 heteroatoms. The first kappa shape index (κ1) is 11.7. The molecule has 2 unspecified atom stereocenters. The number of fused-ring (bicyclic) bond motifs is 2. The fourth-order valence-corrected chi connectivity index (χ4v) is 2.76. The molecule has 0 spiro atoms. The van der Waals surface area contributed by atoms with E-state index in [2.05, 4.69) is 10.6 Å². The van der Waals surface area contributed by atoms with Crippen LogP contribution in [0, 0.1) is 11.8 Å². The number of carbonyl (C=O) groups is 1. The summed E-state index contributed by atoms with van der Waals surface area (Å²) in [5.74, 6) is 1.18. The van der Waals surface area contributed by atoms with Crippen molar-refractivity contribution in [2.75, 3.05) is 13.1 Å². The van der Waals surface area contributed by atoms with E-state index in [1.807, 2.05) is 20.8 Å². The Morgan fingerprint density at radius 2 is 1.81 bits per heavy atom. The topological polar surface area (TPSA) is 50.4 Å². The van der Waals surface area contributed by atoms with E-state index in [-0.39, 0.29) is 6.09 Å². The minimum absolute atomic E-state index is 0.267. The van der Waals surface area contributed by atoms with Gasteiger partial charge in [-0.15, -0.1) is 0 Å². The molecule has 0 aromatic rings. The summed E-state index contributed by atoms with van der Waals surface area (Å²) < 4.78 is 5.29. The molecule has 0 aromatic heterocycles. The highest BCUT2D eigenvalue weighted by Crippen LogP contribution is 2.33. The molecular formula is C12H22N2O2. The Kier molecular flexibility index (Phi) is 3.10. The van der Waals surface area contributed by atoms with Crippen molar-refractivity contribution in [3.8, 4) is 0 Å². The largest absolute Gasteiger partial charge is 0.444 e. The van der Waals surface area contributed by atoms with Crippen molar-refractivity contribution in [3.63, 3.8) is 0 Å². The minimum Gasteiger partial charge on any atom is -0.444 e. The highest BCUT2D eigenvalue weighted by atomic mass is 16.6. The first-order chi connectivity index (χ1) is 7.46. The summed E-state index contributed by atoms with van der Waals surface area (Å²) in [4.78, 5) is 11.7. The van der Waals surface area contributed by atoms with Crippen molar-refractivity contribution in [3.05, 3.63) is 0 Å². The van der Waals surface area contributed by atoms with Crippen molar-refractivity contribution < 1.29 is 9.53 Å². The minimum atomic E-state index is -0.407. The van der Waals surface area contributed by atoms with Gasteiger partial charge < -0.3 is 15.4 Å². The molecule has 1 heterocycles. The van der Waals surface area contributed by atoms with Crippen molar-refractivity contribution >= 4 is 6.09 Å². The number of alkyl carbamates (subject to hydrolysis) is 1. The van der Waals surface area contributed by atoms with Gasteiger partial charge in [-0.1, -0.05) is 0 Å². The molecule has 16 heavy (non-hydrogen) atoms. The van der Waals surface area contributed by atoms with Gasteiger partial charge in [0.05, 0.1) is 0 Å². The molecule has 2 N–H and O–H groups in total. The monoisotopic (exact) mass is 226 g/mol. The van der Waals surface area contributed by atoms with Crippen molar-refractivity contribution in [2.45, 2.75) is 45.3 Å². The summed E-state index contributed by atoms with van der Waals surface area (Å²) >= 11 is 0. The van der Waals surface area contributed by atoms with Crippen LogP contribution in [-0.2, 0) is 4.74 Å². The second-order valence-electron chi connectivity index (χ2n) is 5.93. The van der Waals surface area contributed by atoms with E-state index >= 15 is 0 Å². The van der Waals surface area contributed by atoms with E-state index in [4.69, 9.17) is 4.74 Å². The fraction of sp³-hybridized carbons (Fsp3) is 0.917. The van der Waals surface area contributed by atoms with Crippen LogP contribution in [0.15, 0.2) is 0 Å². The van der Waals surface area contributed by atoms with Gasteiger partial charge in [0.1, 0.15) is 5.60 Å². The number of nitrogens with one attached hydrogen (secondary N) is 2. The van der Waals surface area contributed by atoms with Crippen LogP contribution in [0.2, 0.25) is 0 Å². The smallest absolute Gasteiger partial charge is 0.407 e. The number of rotatable bonds is 1. The van der Waals surface area contributed by atoms with E-state index in [0.29, 0.717) is 17.9 Å². The van der Waals surface area contributed by atoms with E-state index in [1.165, 1.54) is 12.8 Å². The van der Waals surface area contributed by atoms with Crippen LogP contribution in [0.5, 0.6) is 0 Å². The van der Waals surface area contributed by atoms with Gasteiger partial charge in [0.15, 0.2) is 0 Å². The zero-order valence-electron chi connectivity index (χ0n) is 10.4. The molecule has 2 bridgehead atoms. The number of hydrogen-bond donors (Lipinski definition) is 2. The van der Waals surface area contributed by atoms with Gasteiger partial charge in [-0.05, 0) is 58.5 Å². The van der Waals surface area contributed by atoms with Crippen LogP contribution in [-0.4, -0.2) is 30.8 Å². The second kappa shape index (κ2) is 4.24. The molecule has 1 aliphatic heterocycles. The van der Waals surface area contributed by atoms with E-state index in [1.54, 1.807) is 0 Å². The molecule has 4 nitrogen and oxygen atoms in total. The molecule has 1 saturated heterocycles. The van der Waals surface area contributed by atoms with E-state index < -0.39 is 5.60 Å². The average Bonchev–Trinajstić information content (AvgIpc) is 2.39. The highest BCUT2D eigenvalue weighted by Gasteiger charge is 2.40. The molecule has 2 fully saturated rings. The molecule has 0 radical (unpaired) electrons. The molecule has 2 rings (SSSR count). The first-order valence-corrected chi connectivity index (χ1v) is 6.16. The van der Waals surface area contributed by atoms with Crippen LogP contribution in [0.25, 0.3) is 0 Å². The Hall–Kier alpha value is -0.770. The lowest BCUT2D eigenvalue weighted by Gasteiger charge is -2.32. The second-order valence-corrected chi connectivity index (χ2v) is 5.93. The third-order valence-corrected chi connectivity index (χ3v) is 3.42. The number of hydrogen-bond acceptors (Lipinski definition) is 3. The number of piperidine rings is 1. The molecule has 1 saturated carbocycles. The van der Waals surface area contributed by atoms with E-state index in [0.717, 1.165) is 13.1 Å². The molecular weight excluding hydrogens is 204 g/mol. The fourth-order valence-electron chi connectivity index (χ4n) is 2.76.